The largest absolute Gasteiger partial charge is 0.392 e. The highest BCUT2D eigenvalue weighted by molar-refractivity contribution is 5.85. The second-order valence-corrected chi connectivity index (χ2v) is 6.85. The lowest BCUT2D eigenvalue weighted by molar-refractivity contribution is -0.122. The molecule has 0 saturated carbocycles. The lowest BCUT2D eigenvalue weighted by atomic mass is 9.91. The minimum atomic E-state index is -0.440. The van der Waals surface area contributed by atoms with Crippen LogP contribution in [0.1, 0.15) is 23.5 Å². The number of carbonyl (C=O) groups is 1. The first kappa shape index (κ1) is 16.8. The Morgan fingerprint density at radius 1 is 1.15 bits per heavy atom. The van der Waals surface area contributed by atoms with E-state index in [2.05, 4.69) is 39.9 Å². The van der Waals surface area contributed by atoms with Crippen LogP contribution >= 0.6 is 0 Å². The Hall–Kier alpha value is -2.63. The molecule has 1 saturated heterocycles. The summed E-state index contributed by atoms with van der Waals surface area (Å²) in [5.41, 5.74) is 3.43. The van der Waals surface area contributed by atoms with Gasteiger partial charge in [-0.3, -0.25) is 4.79 Å². The van der Waals surface area contributed by atoms with E-state index >= 15 is 0 Å². The van der Waals surface area contributed by atoms with Gasteiger partial charge in [0.25, 0.3) is 0 Å². The molecule has 1 aliphatic rings. The molecule has 0 aliphatic carbocycles. The van der Waals surface area contributed by atoms with Crippen molar-refractivity contribution in [3.8, 4) is 0 Å². The number of β-amino-alcohol motifs (C(OH)–C–C–N with tert-alkyl or cyclic N) is 1. The van der Waals surface area contributed by atoms with Gasteiger partial charge in [-0.05, 0) is 23.6 Å². The van der Waals surface area contributed by atoms with Gasteiger partial charge in [0.15, 0.2) is 0 Å². The summed E-state index contributed by atoms with van der Waals surface area (Å²) in [5.74, 6) is 0.00458. The van der Waals surface area contributed by atoms with Gasteiger partial charge in [-0.1, -0.05) is 48.5 Å². The third kappa shape index (κ3) is 3.36. The van der Waals surface area contributed by atoms with E-state index in [1.807, 2.05) is 36.5 Å². The molecular weight excluding hydrogens is 326 g/mol. The maximum atomic E-state index is 12.5. The zero-order valence-electron chi connectivity index (χ0n) is 14.5. The van der Waals surface area contributed by atoms with Crippen LogP contribution in [0, 0.1) is 0 Å². The van der Waals surface area contributed by atoms with Crippen molar-refractivity contribution in [1.29, 1.82) is 0 Å². The van der Waals surface area contributed by atoms with E-state index in [-0.39, 0.29) is 17.9 Å². The molecule has 1 aliphatic heterocycles. The third-order valence-corrected chi connectivity index (χ3v) is 5.10. The monoisotopic (exact) mass is 349 g/mol. The number of nitrogens with one attached hydrogen (secondary N) is 3. The highest BCUT2D eigenvalue weighted by Crippen LogP contribution is 2.30. The number of hydrogen-bond donors (Lipinski definition) is 4. The van der Waals surface area contributed by atoms with E-state index in [0.717, 1.165) is 11.1 Å². The lowest BCUT2D eigenvalue weighted by Crippen LogP contribution is -2.42. The molecule has 1 aromatic heterocycles. The zero-order chi connectivity index (χ0) is 17.9. The number of H-pyrrole nitrogens is 1. The molecule has 0 radical (unpaired) electrons. The van der Waals surface area contributed by atoms with Crippen molar-refractivity contribution < 1.29 is 9.90 Å². The predicted molar refractivity (Wildman–Crippen MR) is 102 cm³/mol. The molecule has 0 bridgehead atoms. The fraction of sp³-hybridized carbons (Fsp3) is 0.286. The molecule has 0 unspecified atom stereocenters. The van der Waals surface area contributed by atoms with E-state index in [9.17, 15) is 9.90 Å². The van der Waals surface area contributed by atoms with E-state index in [1.165, 1.54) is 10.9 Å². The molecule has 0 spiro atoms. The maximum Gasteiger partial charge on any atom is 0.237 e. The summed E-state index contributed by atoms with van der Waals surface area (Å²) in [4.78, 5) is 15.8. The number of amides is 1. The van der Waals surface area contributed by atoms with Crippen molar-refractivity contribution in [2.24, 2.45) is 0 Å². The lowest BCUT2D eigenvalue weighted by Gasteiger charge is -2.19. The van der Waals surface area contributed by atoms with Crippen LogP contribution in [-0.4, -0.2) is 41.2 Å². The first-order valence-corrected chi connectivity index (χ1v) is 9.02. The molecule has 4 N–H and O–H groups in total. The second kappa shape index (κ2) is 7.32. The standard InChI is InChI=1S/C21H23N3O2/c25-15-10-20(22-11-15)21(26)24-12-17(14-6-2-1-3-7-14)18-13-23-19-9-5-4-8-16(18)19/h1-9,13,15,17,20,22-23,25H,10-12H2,(H,24,26)/t15-,17+,20+/m0/s1. The molecule has 26 heavy (non-hydrogen) atoms. The van der Waals surface area contributed by atoms with E-state index in [0.29, 0.717) is 19.5 Å². The number of para-hydroxylation sites is 1. The highest BCUT2D eigenvalue weighted by Gasteiger charge is 2.28. The Labute approximate surface area is 152 Å². The van der Waals surface area contributed by atoms with Gasteiger partial charge in [-0.25, -0.2) is 0 Å². The minimum absolute atomic E-state index is 0.0534. The van der Waals surface area contributed by atoms with Gasteiger partial charge in [-0.2, -0.15) is 0 Å². The normalized spacial score (nSPS) is 21.0. The molecule has 4 rings (SSSR count). The number of aliphatic hydroxyl groups excluding tert-OH is 1. The highest BCUT2D eigenvalue weighted by atomic mass is 16.3. The van der Waals surface area contributed by atoms with Gasteiger partial charge in [0.1, 0.15) is 0 Å². The van der Waals surface area contributed by atoms with Gasteiger partial charge >= 0.3 is 0 Å². The van der Waals surface area contributed by atoms with Crippen LogP contribution in [0.4, 0.5) is 0 Å². The molecule has 2 aromatic carbocycles. The SMILES string of the molecule is O=C(NC[C@H](c1ccccc1)c1c[nH]c2ccccc12)[C@H]1C[C@H](O)CN1. The third-order valence-electron chi connectivity index (χ3n) is 5.10. The van der Waals surface area contributed by atoms with Crippen LogP contribution < -0.4 is 10.6 Å². The number of aromatic amines is 1. The predicted octanol–water partition coefficient (Wildman–Crippen LogP) is 2.14. The smallest absolute Gasteiger partial charge is 0.237 e. The molecule has 134 valence electrons. The number of hydrogen-bond acceptors (Lipinski definition) is 3. The molecule has 3 aromatic rings. The summed E-state index contributed by atoms with van der Waals surface area (Å²) in [7, 11) is 0. The van der Waals surface area contributed by atoms with Crippen molar-refractivity contribution in [2.75, 3.05) is 13.1 Å². The molecule has 5 nitrogen and oxygen atoms in total. The van der Waals surface area contributed by atoms with Crippen LogP contribution in [0.15, 0.2) is 60.8 Å². The Bertz CT molecular complexity index is 890. The number of fused-ring (bicyclic) bond motifs is 1. The first-order valence-electron chi connectivity index (χ1n) is 9.02. The molecule has 3 atom stereocenters. The molecule has 5 heteroatoms. The summed E-state index contributed by atoms with van der Waals surface area (Å²) in [6.45, 7) is 0.988. The summed E-state index contributed by atoms with van der Waals surface area (Å²) in [6, 6.07) is 18.1. The fourth-order valence-corrected chi connectivity index (χ4v) is 3.72. The summed E-state index contributed by atoms with van der Waals surface area (Å²) < 4.78 is 0. The van der Waals surface area contributed by atoms with Gasteiger partial charge in [0, 0.05) is 36.1 Å². The molecule has 1 amide bonds. The average Bonchev–Trinajstić information content (AvgIpc) is 3.29. The van der Waals surface area contributed by atoms with Crippen molar-refractivity contribution in [3.05, 3.63) is 71.9 Å². The zero-order valence-corrected chi connectivity index (χ0v) is 14.5. The van der Waals surface area contributed by atoms with Gasteiger partial charge in [-0.15, -0.1) is 0 Å². The summed E-state index contributed by atoms with van der Waals surface area (Å²) in [6.07, 6.45) is 2.06. The summed E-state index contributed by atoms with van der Waals surface area (Å²) >= 11 is 0. The van der Waals surface area contributed by atoms with Gasteiger partial charge < -0.3 is 20.7 Å². The van der Waals surface area contributed by atoms with Crippen molar-refractivity contribution >= 4 is 16.8 Å². The molecular formula is C21H23N3O2. The van der Waals surface area contributed by atoms with Crippen LogP contribution in [0.25, 0.3) is 10.9 Å². The minimum Gasteiger partial charge on any atom is -0.392 e. The fourth-order valence-electron chi connectivity index (χ4n) is 3.72. The molecule has 1 fully saturated rings. The Morgan fingerprint density at radius 3 is 2.69 bits per heavy atom. The molecule has 2 heterocycles. The average molecular weight is 349 g/mol. The number of benzene rings is 2. The van der Waals surface area contributed by atoms with Crippen LogP contribution in [-0.2, 0) is 4.79 Å². The second-order valence-electron chi connectivity index (χ2n) is 6.85. The topological polar surface area (TPSA) is 77.2 Å². The van der Waals surface area contributed by atoms with E-state index < -0.39 is 6.10 Å². The maximum absolute atomic E-state index is 12.5. The number of aliphatic hydroxyl groups is 1. The Kier molecular flexibility index (Phi) is 4.73. The number of aromatic nitrogens is 1. The number of rotatable bonds is 5. The summed E-state index contributed by atoms with van der Waals surface area (Å²) in [5, 5.41) is 16.9. The Balaban J connectivity index is 1.59. The van der Waals surface area contributed by atoms with Crippen molar-refractivity contribution in [3.63, 3.8) is 0 Å². The number of carbonyl (C=O) groups excluding carboxylic acids is 1. The first-order chi connectivity index (χ1) is 12.7. The van der Waals surface area contributed by atoms with Gasteiger partial charge in [0.2, 0.25) is 5.91 Å². The van der Waals surface area contributed by atoms with Crippen molar-refractivity contribution in [2.45, 2.75) is 24.5 Å². The quantitative estimate of drug-likeness (QED) is 0.570. The Morgan fingerprint density at radius 2 is 1.92 bits per heavy atom. The van der Waals surface area contributed by atoms with Crippen LogP contribution in [0.2, 0.25) is 0 Å². The van der Waals surface area contributed by atoms with E-state index in [4.69, 9.17) is 0 Å². The van der Waals surface area contributed by atoms with Crippen LogP contribution in [0.5, 0.6) is 0 Å². The van der Waals surface area contributed by atoms with Crippen LogP contribution in [0.3, 0.4) is 0 Å². The van der Waals surface area contributed by atoms with Crippen molar-refractivity contribution in [1.82, 2.24) is 15.6 Å². The van der Waals surface area contributed by atoms with E-state index in [1.54, 1.807) is 0 Å². The van der Waals surface area contributed by atoms with Gasteiger partial charge in [0.05, 0.1) is 12.1 Å².